The third-order valence-corrected chi connectivity index (χ3v) is 3.30. The lowest BCUT2D eigenvalue weighted by atomic mass is 9.96. The Kier molecular flexibility index (Phi) is 4.63. The maximum atomic E-state index is 12.5. The molecule has 1 aliphatic rings. The van der Waals surface area contributed by atoms with Crippen LogP contribution < -0.4 is 10.6 Å². The first-order chi connectivity index (χ1) is 9.05. The molecule has 106 valence electrons. The Morgan fingerprint density at radius 2 is 2.21 bits per heavy atom. The number of piperidine rings is 1. The molecule has 19 heavy (non-hydrogen) atoms. The van der Waals surface area contributed by atoms with E-state index in [1.54, 1.807) is 6.07 Å². The largest absolute Gasteiger partial charge is 0.433 e. The Morgan fingerprint density at radius 3 is 2.89 bits per heavy atom. The SMILES string of the molecule is FC(F)(F)c1cccc(NCCC2CCCNC2)n1. The van der Waals surface area contributed by atoms with E-state index >= 15 is 0 Å². The molecule has 0 bridgehead atoms. The van der Waals surface area contributed by atoms with Gasteiger partial charge in [0.2, 0.25) is 0 Å². The summed E-state index contributed by atoms with van der Waals surface area (Å²) in [7, 11) is 0. The van der Waals surface area contributed by atoms with Gasteiger partial charge in [0.25, 0.3) is 0 Å². The fraction of sp³-hybridized carbons (Fsp3) is 0.615. The molecule has 2 heterocycles. The van der Waals surface area contributed by atoms with Crippen molar-refractivity contribution in [1.29, 1.82) is 0 Å². The van der Waals surface area contributed by atoms with Crippen LogP contribution in [-0.2, 0) is 6.18 Å². The molecule has 1 aromatic heterocycles. The molecular formula is C13H18F3N3. The minimum absolute atomic E-state index is 0.290. The Balaban J connectivity index is 1.82. The molecule has 1 aromatic rings. The number of hydrogen-bond donors (Lipinski definition) is 2. The highest BCUT2D eigenvalue weighted by atomic mass is 19.4. The number of halogens is 3. The van der Waals surface area contributed by atoms with Crippen molar-refractivity contribution in [3.63, 3.8) is 0 Å². The van der Waals surface area contributed by atoms with E-state index in [0.29, 0.717) is 18.3 Å². The van der Waals surface area contributed by atoms with Crippen LogP contribution in [0.25, 0.3) is 0 Å². The Bertz CT molecular complexity index is 400. The quantitative estimate of drug-likeness (QED) is 0.885. The zero-order valence-electron chi connectivity index (χ0n) is 10.6. The molecule has 0 aliphatic carbocycles. The van der Waals surface area contributed by atoms with E-state index < -0.39 is 11.9 Å². The van der Waals surface area contributed by atoms with Crippen LogP contribution in [0.2, 0.25) is 0 Å². The first-order valence-electron chi connectivity index (χ1n) is 6.54. The van der Waals surface area contributed by atoms with Gasteiger partial charge in [-0.3, -0.25) is 0 Å². The lowest BCUT2D eigenvalue weighted by Crippen LogP contribution is -2.30. The van der Waals surface area contributed by atoms with Crippen molar-refractivity contribution in [3.05, 3.63) is 23.9 Å². The molecule has 2 rings (SSSR count). The van der Waals surface area contributed by atoms with E-state index in [2.05, 4.69) is 15.6 Å². The number of alkyl halides is 3. The summed E-state index contributed by atoms with van der Waals surface area (Å²) in [6.07, 6.45) is -1.08. The molecule has 3 nitrogen and oxygen atoms in total. The van der Waals surface area contributed by atoms with Crippen molar-refractivity contribution in [2.45, 2.75) is 25.4 Å². The maximum absolute atomic E-state index is 12.5. The van der Waals surface area contributed by atoms with Gasteiger partial charge < -0.3 is 10.6 Å². The van der Waals surface area contributed by atoms with Crippen molar-refractivity contribution in [2.75, 3.05) is 25.0 Å². The Morgan fingerprint density at radius 1 is 1.37 bits per heavy atom. The summed E-state index contributed by atoms with van der Waals surface area (Å²) in [6.45, 7) is 2.72. The van der Waals surface area contributed by atoms with Gasteiger partial charge in [0, 0.05) is 6.54 Å². The fourth-order valence-corrected chi connectivity index (χ4v) is 2.27. The monoisotopic (exact) mass is 273 g/mol. The Labute approximate surface area is 110 Å². The second-order valence-electron chi connectivity index (χ2n) is 4.83. The summed E-state index contributed by atoms with van der Waals surface area (Å²) in [5, 5.41) is 6.29. The lowest BCUT2D eigenvalue weighted by molar-refractivity contribution is -0.141. The van der Waals surface area contributed by atoms with Crippen LogP contribution >= 0.6 is 0 Å². The molecule has 0 amide bonds. The van der Waals surface area contributed by atoms with E-state index in [0.717, 1.165) is 25.6 Å². The van der Waals surface area contributed by atoms with Crippen molar-refractivity contribution in [2.24, 2.45) is 5.92 Å². The van der Waals surface area contributed by atoms with E-state index in [1.165, 1.54) is 18.9 Å². The average molecular weight is 273 g/mol. The molecule has 0 spiro atoms. The third kappa shape index (κ3) is 4.38. The van der Waals surface area contributed by atoms with E-state index in [4.69, 9.17) is 0 Å². The maximum Gasteiger partial charge on any atom is 0.433 e. The average Bonchev–Trinajstić information content (AvgIpc) is 2.39. The molecule has 0 radical (unpaired) electrons. The predicted octanol–water partition coefficient (Wildman–Crippen LogP) is 2.90. The highest BCUT2D eigenvalue weighted by Gasteiger charge is 2.32. The topological polar surface area (TPSA) is 37.0 Å². The van der Waals surface area contributed by atoms with Gasteiger partial charge in [-0.25, -0.2) is 4.98 Å². The third-order valence-electron chi connectivity index (χ3n) is 3.30. The van der Waals surface area contributed by atoms with Crippen LogP contribution in [0, 0.1) is 5.92 Å². The first kappa shape index (κ1) is 14.1. The summed E-state index contributed by atoms with van der Waals surface area (Å²) in [5.74, 6) is 0.894. The summed E-state index contributed by atoms with van der Waals surface area (Å²) in [4.78, 5) is 3.57. The smallest absolute Gasteiger partial charge is 0.370 e. The number of hydrogen-bond acceptors (Lipinski definition) is 3. The summed E-state index contributed by atoms with van der Waals surface area (Å²) in [6, 6.07) is 3.92. The van der Waals surface area contributed by atoms with Crippen LogP contribution in [-0.4, -0.2) is 24.6 Å². The zero-order chi connectivity index (χ0) is 13.7. The molecular weight excluding hydrogens is 255 g/mol. The van der Waals surface area contributed by atoms with E-state index in [-0.39, 0.29) is 0 Å². The van der Waals surface area contributed by atoms with Gasteiger partial charge in [0.1, 0.15) is 11.5 Å². The molecule has 0 saturated carbocycles. The number of aromatic nitrogens is 1. The van der Waals surface area contributed by atoms with Crippen LogP contribution in [0.5, 0.6) is 0 Å². The van der Waals surface area contributed by atoms with Crippen molar-refractivity contribution < 1.29 is 13.2 Å². The minimum atomic E-state index is -4.38. The predicted molar refractivity (Wildman–Crippen MR) is 67.9 cm³/mol. The van der Waals surface area contributed by atoms with Gasteiger partial charge in [-0.1, -0.05) is 6.07 Å². The number of anilines is 1. The molecule has 1 fully saturated rings. The standard InChI is InChI=1S/C13H18F3N3/c14-13(15,16)11-4-1-5-12(19-11)18-8-6-10-3-2-7-17-9-10/h1,4-5,10,17H,2-3,6-9H2,(H,18,19). The summed E-state index contributed by atoms with van der Waals surface area (Å²) < 4.78 is 37.4. The molecule has 6 heteroatoms. The zero-order valence-corrected chi connectivity index (χ0v) is 10.6. The van der Waals surface area contributed by atoms with Crippen LogP contribution in [0.15, 0.2) is 18.2 Å². The number of pyridine rings is 1. The van der Waals surface area contributed by atoms with Crippen LogP contribution in [0.1, 0.15) is 25.0 Å². The molecule has 1 saturated heterocycles. The first-order valence-corrected chi connectivity index (χ1v) is 6.54. The van der Waals surface area contributed by atoms with Gasteiger partial charge in [0.15, 0.2) is 0 Å². The highest BCUT2D eigenvalue weighted by molar-refractivity contribution is 5.35. The molecule has 2 N–H and O–H groups in total. The van der Waals surface area contributed by atoms with Crippen molar-refractivity contribution in [1.82, 2.24) is 10.3 Å². The number of nitrogens with one attached hydrogen (secondary N) is 2. The van der Waals surface area contributed by atoms with Gasteiger partial charge in [-0.2, -0.15) is 13.2 Å². The van der Waals surface area contributed by atoms with Crippen molar-refractivity contribution in [3.8, 4) is 0 Å². The minimum Gasteiger partial charge on any atom is -0.370 e. The molecule has 0 aromatic carbocycles. The highest BCUT2D eigenvalue weighted by Crippen LogP contribution is 2.28. The fourth-order valence-electron chi connectivity index (χ4n) is 2.27. The molecule has 1 unspecified atom stereocenters. The van der Waals surface area contributed by atoms with Crippen molar-refractivity contribution >= 4 is 5.82 Å². The normalized spacial score (nSPS) is 20.3. The molecule has 1 atom stereocenters. The molecule has 1 aliphatic heterocycles. The van der Waals surface area contributed by atoms with Gasteiger partial charge in [-0.05, 0) is 50.4 Å². The van der Waals surface area contributed by atoms with Gasteiger partial charge in [-0.15, -0.1) is 0 Å². The Hall–Kier alpha value is -1.30. The summed E-state index contributed by atoms with van der Waals surface area (Å²) in [5.41, 5.74) is -0.850. The van der Waals surface area contributed by atoms with E-state index in [9.17, 15) is 13.2 Å². The summed E-state index contributed by atoms with van der Waals surface area (Å²) >= 11 is 0. The second-order valence-corrected chi connectivity index (χ2v) is 4.83. The number of rotatable bonds is 4. The van der Waals surface area contributed by atoms with Crippen LogP contribution in [0.4, 0.5) is 19.0 Å². The van der Waals surface area contributed by atoms with E-state index in [1.807, 2.05) is 0 Å². The second kappa shape index (κ2) is 6.23. The van der Waals surface area contributed by atoms with Gasteiger partial charge in [0.05, 0.1) is 0 Å². The number of nitrogens with zero attached hydrogens (tertiary/aromatic N) is 1. The van der Waals surface area contributed by atoms with Crippen LogP contribution in [0.3, 0.4) is 0 Å². The lowest BCUT2D eigenvalue weighted by Gasteiger charge is -2.22. The van der Waals surface area contributed by atoms with Gasteiger partial charge >= 0.3 is 6.18 Å².